The molecule has 0 atom stereocenters. The molecule has 0 aliphatic heterocycles. The highest BCUT2D eigenvalue weighted by Crippen LogP contribution is 2.29. The molecule has 0 unspecified atom stereocenters. The molecular formula is C17H17NO2. The second-order valence-electron chi connectivity index (χ2n) is 5.04. The van der Waals surface area contributed by atoms with E-state index in [1.165, 1.54) is 5.56 Å². The van der Waals surface area contributed by atoms with Gasteiger partial charge >= 0.3 is 0 Å². The second kappa shape index (κ2) is 4.93. The van der Waals surface area contributed by atoms with Crippen LogP contribution in [0.5, 0.6) is 11.5 Å². The van der Waals surface area contributed by atoms with Crippen molar-refractivity contribution in [1.29, 1.82) is 0 Å². The number of benzene rings is 2. The Bertz CT molecular complexity index is 742. The van der Waals surface area contributed by atoms with E-state index in [-0.39, 0.29) is 0 Å². The topological polar surface area (TPSA) is 34.4 Å². The van der Waals surface area contributed by atoms with Crippen LogP contribution in [0.25, 0.3) is 10.9 Å². The predicted octanol–water partition coefficient (Wildman–Crippen LogP) is 3.77. The van der Waals surface area contributed by atoms with Gasteiger partial charge < -0.3 is 14.4 Å². The Labute approximate surface area is 118 Å². The zero-order valence-electron chi connectivity index (χ0n) is 11.6. The number of aromatic nitrogens is 1. The first kappa shape index (κ1) is 12.6. The third kappa shape index (κ3) is 2.23. The Morgan fingerprint density at radius 2 is 1.85 bits per heavy atom. The zero-order valence-corrected chi connectivity index (χ0v) is 11.6. The van der Waals surface area contributed by atoms with Gasteiger partial charge in [0.1, 0.15) is 18.1 Å². The fourth-order valence-electron chi connectivity index (χ4n) is 2.44. The molecule has 3 heteroatoms. The van der Waals surface area contributed by atoms with Gasteiger partial charge in [-0.15, -0.1) is 0 Å². The molecule has 0 aliphatic rings. The lowest BCUT2D eigenvalue weighted by atomic mass is 10.2. The lowest BCUT2D eigenvalue weighted by Crippen LogP contribution is -1.94. The van der Waals surface area contributed by atoms with Crippen molar-refractivity contribution in [2.75, 3.05) is 0 Å². The molecule has 0 aliphatic carbocycles. The molecule has 0 amide bonds. The van der Waals surface area contributed by atoms with Gasteiger partial charge in [-0.1, -0.05) is 29.8 Å². The molecule has 0 saturated carbocycles. The highest BCUT2D eigenvalue weighted by molar-refractivity contribution is 5.88. The van der Waals surface area contributed by atoms with E-state index in [4.69, 9.17) is 4.74 Å². The number of ether oxygens (including phenoxy) is 1. The highest BCUT2D eigenvalue weighted by atomic mass is 16.5. The van der Waals surface area contributed by atoms with E-state index in [1.54, 1.807) is 6.07 Å². The van der Waals surface area contributed by atoms with Gasteiger partial charge in [-0.25, -0.2) is 0 Å². The molecule has 0 saturated heterocycles. The Kier molecular flexibility index (Phi) is 3.11. The van der Waals surface area contributed by atoms with E-state index in [0.29, 0.717) is 12.4 Å². The number of hydrogen-bond acceptors (Lipinski definition) is 2. The number of rotatable bonds is 3. The molecule has 3 nitrogen and oxygen atoms in total. The number of phenolic OH excluding ortho intramolecular Hbond substituents is 1. The van der Waals surface area contributed by atoms with E-state index in [2.05, 4.69) is 6.92 Å². The van der Waals surface area contributed by atoms with Crippen molar-refractivity contribution >= 4 is 10.9 Å². The number of phenols is 1. The summed E-state index contributed by atoms with van der Waals surface area (Å²) in [7, 11) is 1.93. The van der Waals surface area contributed by atoms with Crippen LogP contribution in [0.15, 0.2) is 48.7 Å². The van der Waals surface area contributed by atoms with Crippen molar-refractivity contribution in [3.8, 4) is 11.5 Å². The maximum atomic E-state index is 9.92. The van der Waals surface area contributed by atoms with Crippen LogP contribution in [0.1, 0.15) is 11.1 Å². The molecule has 0 radical (unpaired) electrons. The number of aryl methyl sites for hydroxylation is 2. The normalized spacial score (nSPS) is 10.9. The summed E-state index contributed by atoms with van der Waals surface area (Å²) in [4.78, 5) is 0. The number of para-hydroxylation sites is 1. The molecule has 0 fully saturated rings. The first-order valence-corrected chi connectivity index (χ1v) is 6.60. The highest BCUT2D eigenvalue weighted by Gasteiger charge is 2.10. The van der Waals surface area contributed by atoms with E-state index in [1.807, 2.05) is 54.2 Å². The summed E-state index contributed by atoms with van der Waals surface area (Å²) in [6, 6.07) is 13.6. The van der Waals surface area contributed by atoms with Crippen LogP contribution in [-0.2, 0) is 13.7 Å². The average Bonchev–Trinajstić information content (AvgIpc) is 2.76. The molecule has 1 N–H and O–H groups in total. The molecule has 102 valence electrons. The minimum Gasteiger partial charge on any atom is -0.506 e. The molecule has 1 aromatic heterocycles. The number of hydrogen-bond donors (Lipinski definition) is 1. The summed E-state index contributed by atoms with van der Waals surface area (Å²) in [5.41, 5.74) is 3.13. The van der Waals surface area contributed by atoms with Gasteiger partial charge in [0.15, 0.2) is 0 Å². The first-order valence-electron chi connectivity index (χ1n) is 6.60. The summed E-state index contributed by atoms with van der Waals surface area (Å²) in [5, 5.41) is 10.9. The maximum Gasteiger partial charge on any atom is 0.139 e. The largest absolute Gasteiger partial charge is 0.506 e. The van der Waals surface area contributed by atoms with Crippen molar-refractivity contribution in [3.63, 3.8) is 0 Å². The van der Waals surface area contributed by atoms with Gasteiger partial charge in [0.05, 0.1) is 5.52 Å². The van der Waals surface area contributed by atoms with Crippen LogP contribution in [0.3, 0.4) is 0 Å². The van der Waals surface area contributed by atoms with Crippen LogP contribution in [0.4, 0.5) is 0 Å². The van der Waals surface area contributed by atoms with Gasteiger partial charge in [-0.2, -0.15) is 0 Å². The first-order chi connectivity index (χ1) is 9.65. The SMILES string of the molecule is Cc1ccc(OCc2cn(C)c3c(O)cccc23)cc1. The molecule has 3 aromatic rings. The molecule has 20 heavy (non-hydrogen) atoms. The van der Waals surface area contributed by atoms with E-state index in [0.717, 1.165) is 22.2 Å². The van der Waals surface area contributed by atoms with Crippen LogP contribution in [-0.4, -0.2) is 9.67 Å². The fraction of sp³-hybridized carbons (Fsp3) is 0.176. The minimum absolute atomic E-state index is 0.298. The van der Waals surface area contributed by atoms with Crippen LogP contribution >= 0.6 is 0 Å². The van der Waals surface area contributed by atoms with Crippen LogP contribution < -0.4 is 4.74 Å². The lowest BCUT2D eigenvalue weighted by Gasteiger charge is -2.05. The molecule has 2 aromatic carbocycles. The molecule has 3 rings (SSSR count). The van der Waals surface area contributed by atoms with Crippen molar-refractivity contribution in [3.05, 3.63) is 59.8 Å². The molecule has 0 spiro atoms. The van der Waals surface area contributed by atoms with Crippen molar-refractivity contribution < 1.29 is 9.84 Å². The second-order valence-corrected chi connectivity index (χ2v) is 5.04. The van der Waals surface area contributed by atoms with Crippen molar-refractivity contribution in [1.82, 2.24) is 4.57 Å². The standard InChI is InChI=1S/C17H17NO2/c1-12-6-8-14(9-7-12)20-11-13-10-18(2)17-15(13)4-3-5-16(17)19/h3-10,19H,11H2,1-2H3. The van der Waals surface area contributed by atoms with Gasteiger partial charge in [0, 0.05) is 24.2 Å². The van der Waals surface area contributed by atoms with E-state index in [9.17, 15) is 5.11 Å². The Balaban J connectivity index is 1.88. The van der Waals surface area contributed by atoms with Gasteiger partial charge in [0.25, 0.3) is 0 Å². The number of aromatic hydroxyl groups is 1. The summed E-state index contributed by atoms with van der Waals surface area (Å²) < 4.78 is 7.74. The quantitative estimate of drug-likeness (QED) is 0.783. The zero-order chi connectivity index (χ0) is 14.1. The van der Waals surface area contributed by atoms with Gasteiger partial charge in [0.2, 0.25) is 0 Å². The Morgan fingerprint density at radius 1 is 1.10 bits per heavy atom. The monoisotopic (exact) mass is 267 g/mol. The third-order valence-corrected chi connectivity index (χ3v) is 3.48. The summed E-state index contributed by atoms with van der Waals surface area (Å²) in [5.74, 6) is 1.15. The van der Waals surface area contributed by atoms with Crippen molar-refractivity contribution in [2.24, 2.45) is 7.05 Å². The third-order valence-electron chi connectivity index (χ3n) is 3.48. The molecule has 1 heterocycles. The van der Waals surface area contributed by atoms with Crippen molar-refractivity contribution in [2.45, 2.75) is 13.5 Å². The summed E-state index contributed by atoms with van der Waals surface area (Å²) in [6.07, 6.45) is 2.00. The number of fused-ring (bicyclic) bond motifs is 1. The Morgan fingerprint density at radius 3 is 2.60 bits per heavy atom. The smallest absolute Gasteiger partial charge is 0.139 e. The summed E-state index contributed by atoms with van der Waals surface area (Å²) >= 11 is 0. The van der Waals surface area contributed by atoms with Gasteiger partial charge in [-0.05, 0) is 25.1 Å². The summed E-state index contributed by atoms with van der Waals surface area (Å²) in [6.45, 7) is 2.54. The van der Waals surface area contributed by atoms with E-state index >= 15 is 0 Å². The van der Waals surface area contributed by atoms with Crippen LogP contribution in [0.2, 0.25) is 0 Å². The fourth-order valence-corrected chi connectivity index (χ4v) is 2.44. The van der Waals surface area contributed by atoms with Gasteiger partial charge in [-0.3, -0.25) is 0 Å². The van der Waals surface area contributed by atoms with E-state index < -0.39 is 0 Å². The average molecular weight is 267 g/mol. The molecule has 0 bridgehead atoms. The minimum atomic E-state index is 0.298. The number of nitrogens with zero attached hydrogens (tertiary/aromatic N) is 1. The molecular weight excluding hydrogens is 250 g/mol. The lowest BCUT2D eigenvalue weighted by molar-refractivity contribution is 0.307. The van der Waals surface area contributed by atoms with Crippen LogP contribution in [0, 0.1) is 6.92 Å². The Hall–Kier alpha value is -2.42. The maximum absolute atomic E-state index is 9.92. The predicted molar refractivity (Wildman–Crippen MR) is 80.1 cm³/mol.